The van der Waals surface area contributed by atoms with Gasteiger partial charge in [0.1, 0.15) is 11.5 Å². The molecular weight excluding hydrogens is 405 g/mol. The van der Waals surface area contributed by atoms with Gasteiger partial charge in [0, 0.05) is 5.69 Å². The van der Waals surface area contributed by atoms with E-state index < -0.39 is 10.0 Å². The highest BCUT2D eigenvalue weighted by Gasteiger charge is 2.15. The summed E-state index contributed by atoms with van der Waals surface area (Å²) in [6, 6.07) is 16.6. The summed E-state index contributed by atoms with van der Waals surface area (Å²) in [6.45, 7) is 4.05. The van der Waals surface area contributed by atoms with Crippen LogP contribution in [-0.2, 0) is 10.0 Å². The maximum Gasteiger partial charge on any atom is 0.261 e. The van der Waals surface area contributed by atoms with Gasteiger partial charge < -0.3 is 4.74 Å². The van der Waals surface area contributed by atoms with E-state index in [4.69, 9.17) is 27.9 Å². The SMILES string of the molecule is Cc1ccc(Oc2ccc(NS(=O)(=O)c3ccc(Cl)c(Cl)c3)cc2)cc1C. The molecule has 4 nitrogen and oxygen atoms in total. The Labute approximate surface area is 168 Å². The Morgan fingerprint density at radius 3 is 2.07 bits per heavy atom. The van der Waals surface area contributed by atoms with Gasteiger partial charge in [-0.25, -0.2) is 8.42 Å². The number of halogens is 2. The first-order chi connectivity index (χ1) is 12.7. The maximum absolute atomic E-state index is 12.5. The van der Waals surface area contributed by atoms with Gasteiger partial charge in [-0.2, -0.15) is 0 Å². The number of hydrogen-bond donors (Lipinski definition) is 1. The summed E-state index contributed by atoms with van der Waals surface area (Å²) in [7, 11) is -3.77. The van der Waals surface area contributed by atoms with E-state index in [1.54, 1.807) is 24.3 Å². The lowest BCUT2D eigenvalue weighted by atomic mass is 10.1. The van der Waals surface area contributed by atoms with Gasteiger partial charge in [-0.05, 0) is 79.6 Å². The van der Waals surface area contributed by atoms with Gasteiger partial charge in [-0.15, -0.1) is 0 Å². The molecule has 0 spiro atoms. The predicted octanol–water partition coefficient (Wildman–Crippen LogP) is 6.20. The van der Waals surface area contributed by atoms with Crippen LogP contribution in [0.2, 0.25) is 10.0 Å². The number of aryl methyl sites for hydroxylation is 2. The monoisotopic (exact) mass is 421 g/mol. The molecule has 0 aliphatic heterocycles. The van der Waals surface area contributed by atoms with Crippen LogP contribution < -0.4 is 9.46 Å². The standard InChI is InChI=1S/C20H17Cl2NO3S/c1-13-3-6-17(11-14(13)2)26-16-7-4-15(5-8-16)23-27(24,25)18-9-10-19(21)20(22)12-18/h3-12,23H,1-2H3. The molecule has 0 heterocycles. The molecule has 140 valence electrons. The predicted molar refractivity (Wildman–Crippen MR) is 110 cm³/mol. The van der Waals surface area contributed by atoms with Crippen LogP contribution in [0, 0.1) is 13.8 Å². The van der Waals surface area contributed by atoms with E-state index in [0.29, 0.717) is 16.5 Å². The third kappa shape index (κ3) is 4.75. The summed E-state index contributed by atoms with van der Waals surface area (Å²) in [6.07, 6.45) is 0. The second-order valence-electron chi connectivity index (χ2n) is 6.05. The number of sulfonamides is 1. The maximum atomic E-state index is 12.5. The zero-order valence-electron chi connectivity index (χ0n) is 14.7. The number of nitrogens with one attached hydrogen (secondary N) is 1. The van der Waals surface area contributed by atoms with Crippen molar-refractivity contribution in [2.75, 3.05) is 4.72 Å². The van der Waals surface area contributed by atoms with Gasteiger partial charge in [-0.1, -0.05) is 29.3 Å². The quantitative estimate of drug-likeness (QED) is 0.532. The minimum atomic E-state index is -3.77. The first-order valence-corrected chi connectivity index (χ1v) is 10.3. The van der Waals surface area contributed by atoms with Crippen LogP contribution in [0.4, 0.5) is 5.69 Å². The van der Waals surface area contributed by atoms with Gasteiger partial charge in [0.2, 0.25) is 0 Å². The summed E-state index contributed by atoms with van der Waals surface area (Å²) in [4.78, 5) is 0.0346. The third-order valence-corrected chi connectivity index (χ3v) is 6.14. The molecule has 0 bridgehead atoms. The number of rotatable bonds is 5. The molecule has 0 saturated heterocycles. The Bertz CT molecular complexity index is 1080. The summed E-state index contributed by atoms with van der Waals surface area (Å²) in [5.74, 6) is 1.33. The van der Waals surface area contributed by atoms with E-state index >= 15 is 0 Å². The van der Waals surface area contributed by atoms with Gasteiger partial charge in [0.25, 0.3) is 10.0 Å². The molecule has 0 saturated carbocycles. The van der Waals surface area contributed by atoms with Crippen LogP contribution in [0.25, 0.3) is 0 Å². The van der Waals surface area contributed by atoms with Crippen LogP contribution in [0.5, 0.6) is 11.5 Å². The summed E-state index contributed by atoms with van der Waals surface area (Å²) < 4.78 is 33.2. The fraction of sp³-hybridized carbons (Fsp3) is 0.100. The van der Waals surface area contributed by atoms with Crippen molar-refractivity contribution in [2.24, 2.45) is 0 Å². The number of benzene rings is 3. The number of hydrogen-bond acceptors (Lipinski definition) is 3. The second-order valence-corrected chi connectivity index (χ2v) is 8.55. The topological polar surface area (TPSA) is 55.4 Å². The number of anilines is 1. The Morgan fingerprint density at radius 2 is 1.44 bits per heavy atom. The first-order valence-electron chi connectivity index (χ1n) is 8.08. The molecule has 1 N–H and O–H groups in total. The first kappa shape index (κ1) is 19.5. The average molecular weight is 422 g/mol. The third-order valence-electron chi connectivity index (χ3n) is 4.02. The molecule has 7 heteroatoms. The molecule has 0 fully saturated rings. The molecule has 3 aromatic rings. The van der Waals surface area contributed by atoms with E-state index in [1.165, 1.54) is 23.8 Å². The molecule has 3 aromatic carbocycles. The van der Waals surface area contributed by atoms with Crippen molar-refractivity contribution in [1.82, 2.24) is 0 Å². The van der Waals surface area contributed by atoms with Crippen molar-refractivity contribution in [3.05, 3.63) is 81.8 Å². The molecule has 0 amide bonds. The van der Waals surface area contributed by atoms with Gasteiger partial charge in [0.05, 0.1) is 14.9 Å². The van der Waals surface area contributed by atoms with Gasteiger partial charge >= 0.3 is 0 Å². The lowest BCUT2D eigenvalue weighted by Crippen LogP contribution is -2.12. The smallest absolute Gasteiger partial charge is 0.261 e. The normalized spacial score (nSPS) is 11.3. The van der Waals surface area contributed by atoms with Crippen LogP contribution >= 0.6 is 23.2 Å². The molecule has 0 unspecified atom stereocenters. The lowest BCUT2D eigenvalue weighted by molar-refractivity contribution is 0.482. The molecular formula is C20H17Cl2NO3S. The van der Waals surface area contributed by atoms with Crippen molar-refractivity contribution in [3.8, 4) is 11.5 Å². The number of ether oxygens (including phenoxy) is 1. The minimum absolute atomic E-state index is 0.0346. The largest absolute Gasteiger partial charge is 0.457 e. The van der Waals surface area contributed by atoms with Gasteiger partial charge in [-0.3, -0.25) is 4.72 Å². The lowest BCUT2D eigenvalue weighted by Gasteiger charge is -2.11. The van der Waals surface area contributed by atoms with Crippen molar-refractivity contribution in [3.63, 3.8) is 0 Å². The molecule has 0 aliphatic carbocycles. The van der Waals surface area contributed by atoms with Gasteiger partial charge in [0.15, 0.2) is 0 Å². The molecule has 0 aromatic heterocycles. The second kappa shape index (κ2) is 7.80. The zero-order chi connectivity index (χ0) is 19.6. The Hall–Kier alpha value is -2.21. The Morgan fingerprint density at radius 1 is 0.778 bits per heavy atom. The Kier molecular flexibility index (Phi) is 5.65. The molecule has 0 atom stereocenters. The molecule has 3 rings (SSSR count). The molecule has 0 aliphatic rings. The van der Waals surface area contributed by atoms with E-state index in [-0.39, 0.29) is 9.92 Å². The van der Waals surface area contributed by atoms with Crippen LogP contribution in [0.1, 0.15) is 11.1 Å². The van der Waals surface area contributed by atoms with Crippen LogP contribution in [-0.4, -0.2) is 8.42 Å². The summed E-state index contributed by atoms with van der Waals surface area (Å²) in [5, 5.41) is 0.472. The van der Waals surface area contributed by atoms with Crippen molar-refractivity contribution in [1.29, 1.82) is 0 Å². The van der Waals surface area contributed by atoms with Crippen molar-refractivity contribution in [2.45, 2.75) is 18.7 Å². The van der Waals surface area contributed by atoms with E-state index in [1.807, 2.05) is 32.0 Å². The summed E-state index contributed by atoms with van der Waals surface area (Å²) in [5.41, 5.74) is 2.74. The minimum Gasteiger partial charge on any atom is -0.457 e. The Balaban J connectivity index is 1.74. The van der Waals surface area contributed by atoms with E-state index in [0.717, 1.165) is 11.3 Å². The molecule has 27 heavy (non-hydrogen) atoms. The highest BCUT2D eigenvalue weighted by atomic mass is 35.5. The van der Waals surface area contributed by atoms with Crippen molar-refractivity contribution < 1.29 is 13.2 Å². The van der Waals surface area contributed by atoms with Crippen LogP contribution in [0.3, 0.4) is 0 Å². The van der Waals surface area contributed by atoms with Crippen LogP contribution in [0.15, 0.2) is 65.6 Å². The fourth-order valence-electron chi connectivity index (χ4n) is 2.36. The molecule has 0 radical (unpaired) electrons. The average Bonchev–Trinajstić information content (AvgIpc) is 2.62. The summed E-state index contributed by atoms with van der Waals surface area (Å²) >= 11 is 11.7. The van der Waals surface area contributed by atoms with E-state index in [9.17, 15) is 8.42 Å². The van der Waals surface area contributed by atoms with Crippen molar-refractivity contribution >= 4 is 38.9 Å². The fourth-order valence-corrected chi connectivity index (χ4v) is 3.81. The highest BCUT2D eigenvalue weighted by molar-refractivity contribution is 7.92. The van der Waals surface area contributed by atoms with E-state index in [2.05, 4.69) is 4.72 Å². The highest BCUT2D eigenvalue weighted by Crippen LogP contribution is 2.28. The zero-order valence-corrected chi connectivity index (χ0v) is 17.0.